The van der Waals surface area contributed by atoms with E-state index in [9.17, 15) is 17.6 Å². The lowest BCUT2D eigenvalue weighted by Crippen LogP contribution is -2.28. The number of hydrogen-bond acceptors (Lipinski definition) is 3. The Morgan fingerprint density at radius 3 is 2.50 bits per heavy atom. The molecule has 4 nitrogen and oxygen atoms in total. The molecule has 0 atom stereocenters. The Labute approximate surface area is 136 Å². The zero-order valence-corrected chi connectivity index (χ0v) is 12.9. The molecule has 1 fully saturated rings. The molecule has 0 aliphatic heterocycles. The number of benzene rings is 1. The summed E-state index contributed by atoms with van der Waals surface area (Å²) in [6.45, 7) is -1.20. The van der Waals surface area contributed by atoms with Crippen LogP contribution in [0.25, 0.3) is 11.4 Å². The number of rotatable bonds is 3. The Hall–Kier alpha value is -1.96. The predicted octanol–water partition coefficient (Wildman–Crippen LogP) is 3.63. The summed E-state index contributed by atoms with van der Waals surface area (Å²) in [5.41, 5.74) is 6.23. The average Bonchev–Trinajstić information content (AvgIpc) is 2.90. The van der Waals surface area contributed by atoms with E-state index in [1.807, 2.05) is 0 Å². The lowest BCUT2D eigenvalue weighted by molar-refractivity contribution is -0.143. The molecular weight excluding hydrogens is 324 g/mol. The molecule has 2 N–H and O–H groups in total. The minimum atomic E-state index is -4.40. The monoisotopic (exact) mass is 342 g/mol. The van der Waals surface area contributed by atoms with Crippen molar-refractivity contribution in [1.29, 1.82) is 0 Å². The van der Waals surface area contributed by atoms with Crippen LogP contribution in [-0.4, -0.2) is 27.0 Å². The number of nitrogens with zero attached hydrogens (tertiary/aromatic N) is 3. The van der Waals surface area contributed by atoms with Crippen LogP contribution in [0.4, 0.5) is 17.6 Å². The van der Waals surface area contributed by atoms with Crippen molar-refractivity contribution in [3.8, 4) is 11.4 Å². The largest absolute Gasteiger partial charge is 0.408 e. The van der Waals surface area contributed by atoms with E-state index in [0.29, 0.717) is 24.2 Å². The molecule has 8 heteroatoms. The zero-order chi connectivity index (χ0) is 17.3. The topological polar surface area (TPSA) is 56.7 Å². The molecule has 130 valence electrons. The minimum Gasteiger partial charge on any atom is -0.328 e. The van der Waals surface area contributed by atoms with Crippen LogP contribution in [0.5, 0.6) is 0 Å². The second kappa shape index (κ2) is 6.51. The van der Waals surface area contributed by atoms with Gasteiger partial charge in [-0.1, -0.05) is 12.1 Å². The van der Waals surface area contributed by atoms with Gasteiger partial charge < -0.3 is 5.73 Å². The van der Waals surface area contributed by atoms with Gasteiger partial charge in [0.15, 0.2) is 5.82 Å². The molecule has 0 radical (unpaired) electrons. The maximum Gasteiger partial charge on any atom is 0.408 e. The first-order valence-corrected chi connectivity index (χ1v) is 7.85. The van der Waals surface area contributed by atoms with Gasteiger partial charge in [0.05, 0.1) is 0 Å². The van der Waals surface area contributed by atoms with E-state index in [1.165, 1.54) is 18.2 Å². The number of halogens is 4. The van der Waals surface area contributed by atoms with Crippen LogP contribution in [0.3, 0.4) is 0 Å². The van der Waals surface area contributed by atoms with Crippen LogP contribution >= 0.6 is 0 Å². The van der Waals surface area contributed by atoms with Gasteiger partial charge in [-0.25, -0.2) is 14.1 Å². The standard InChI is InChI=1S/C16H18F4N4/c17-12-3-1-2-11(8-12)14-22-15(10-4-6-13(21)7-5-10)24(23-14)9-16(18,19)20/h1-3,8,10,13H,4-7,9,21H2. The maximum absolute atomic E-state index is 13.4. The summed E-state index contributed by atoms with van der Waals surface area (Å²) in [7, 11) is 0. The van der Waals surface area contributed by atoms with E-state index >= 15 is 0 Å². The highest BCUT2D eigenvalue weighted by Gasteiger charge is 2.33. The zero-order valence-electron chi connectivity index (χ0n) is 12.9. The molecule has 1 aromatic heterocycles. The molecule has 0 unspecified atom stereocenters. The van der Waals surface area contributed by atoms with Crippen LogP contribution in [0.1, 0.15) is 37.4 Å². The minimum absolute atomic E-state index is 0.0860. The highest BCUT2D eigenvalue weighted by Crippen LogP contribution is 2.33. The van der Waals surface area contributed by atoms with Crippen molar-refractivity contribution >= 4 is 0 Å². The van der Waals surface area contributed by atoms with Gasteiger partial charge in [0.1, 0.15) is 18.2 Å². The van der Waals surface area contributed by atoms with Crippen molar-refractivity contribution in [2.45, 2.75) is 50.4 Å². The predicted molar refractivity (Wildman–Crippen MR) is 80.7 cm³/mol. The number of alkyl halides is 3. The van der Waals surface area contributed by atoms with Gasteiger partial charge in [0.25, 0.3) is 0 Å². The normalized spacial score (nSPS) is 21.9. The summed E-state index contributed by atoms with van der Waals surface area (Å²) in [6.07, 6.45) is -1.54. The van der Waals surface area contributed by atoms with Gasteiger partial charge >= 0.3 is 6.18 Å². The van der Waals surface area contributed by atoms with Crippen molar-refractivity contribution in [1.82, 2.24) is 14.8 Å². The van der Waals surface area contributed by atoms with Crippen LogP contribution in [-0.2, 0) is 6.54 Å². The van der Waals surface area contributed by atoms with E-state index in [0.717, 1.165) is 17.5 Å². The Bertz CT molecular complexity index is 702. The maximum atomic E-state index is 13.4. The molecule has 1 aliphatic carbocycles. The molecule has 2 aromatic rings. The molecule has 1 aromatic carbocycles. The van der Waals surface area contributed by atoms with Crippen molar-refractivity contribution < 1.29 is 17.6 Å². The third kappa shape index (κ3) is 3.92. The summed E-state index contributed by atoms with van der Waals surface area (Å²) < 4.78 is 52.9. The summed E-state index contributed by atoms with van der Waals surface area (Å²) in [4.78, 5) is 4.30. The van der Waals surface area contributed by atoms with E-state index < -0.39 is 18.5 Å². The Morgan fingerprint density at radius 2 is 1.88 bits per heavy atom. The Balaban J connectivity index is 1.96. The second-order valence-corrected chi connectivity index (χ2v) is 6.19. The fourth-order valence-corrected chi connectivity index (χ4v) is 3.07. The van der Waals surface area contributed by atoms with E-state index in [1.54, 1.807) is 6.07 Å². The Kier molecular flexibility index (Phi) is 4.58. The number of hydrogen-bond donors (Lipinski definition) is 1. The molecule has 24 heavy (non-hydrogen) atoms. The van der Waals surface area contributed by atoms with Gasteiger partial charge in [-0.05, 0) is 37.8 Å². The first kappa shape index (κ1) is 16.9. The average molecular weight is 342 g/mol. The molecule has 3 rings (SSSR count). The summed E-state index contributed by atoms with van der Waals surface area (Å²) in [6, 6.07) is 5.63. The molecular formula is C16H18F4N4. The number of nitrogens with two attached hydrogens (primary N) is 1. The lowest BCUT2D eigenvalue weighted by Gasteiger charge is -2.25. The SMILES string of the molecule is NC1CCC(c2nc(-c3cccc(F)c3)nn2CC(F)(F)F)CC1. The first-order valence-electron chi connectivity index (χ1n) is 7.85. The summed E-state index contributed by atoms with van der Waals surface area (Å²) in [5.74, 6) is -0.172. The van der Waals surface area contributed by atoms with Gasteiger partial charge in [-0.3, -0.25) is 0 Å². The quantitative estimate of drug-likeness (QED) is 0.867. The summed E-state index contributed by atoms with van der Waals surface area (Å²) in [5, 5.41) is 3.99. The van der Waals surface area contributed by atoms with Crippen molar-refractivity contribution in [3.05, 3.63) is 35.9 Å². The van der Waals surface area contributed by atoms with Crippen molar-refractivity contribution in [2.75, 3.05) is 0 Å². The summed E-state index contributed by atoms with van der Waals surface area (Å²) >= 11 is 0. The fraction of sp³-hybridized carbons (Fsp3) is 0.500. The second-order valence-electron chi connectivity index (χ2n) is 6.19. The third-order valence-corrected chi connectivity index (χ3v) is 4.25. The van der Waals surface area contributed by atoms with Gasteiger partial charge in [0.2, 0.25) is 0 Å². The number of aromatic nitrogens is 3. The molecule has 1 aliphatic rings. The van der Waals surface area contributed by atoms with Crippen LogP contribution < -0.4 is 5.73 Å². The van der Waals surface area contributed by atoms with E-state index in [2.05, 4.69) is 10.1 Å². The molecule has 0 bridgehead atoms. The molecule has 0 saturated heterocycles. The van der Waals surface area contributed by atoms with Crippen LogP contribution in [0.2, 0.25) is 0 Å². The highest BCUT2D eigenvalue weighted by molar-refractivity contribution is 5.54. The van der Waals surface area contributed by atoms with E-state index in [-0.39, 0.29) is 17.8 Å². The molecule has 0 amide bonds. The smallest absolute Gasteiger partial charge is 0.328 e. The molecule has 0 spiro atoms. The molecule has 1 heterocycles. The highest BCUT2D eigenvalue weighted by atomic mass is 19.4. The van der Waals surface area contributed by atoms with E-state index in [4.69, 9.17) is 5.73 Å². The van der Waals surface area contributed by atoms with Crippen LogP contribution in [0.15, 0.2) is 24.3 Å². The first-order chi connectivity index (χ1) is 11.3. The lowest BCUT2D eigenvalue weighted by atomic mass is 9.86. The van der Waals surface area contributed by atoms with Crippen molar-refractivity contribution in [2.24, 2.45) is 5.73 Å². The van der Waals surface area contributed by atoms with Gasteiger partial charge in [-0.15, -0.1) is 0 Å². The fourth-order valence-electron chi connectivity index (χ4n) is 3.07. The van der Waals surface area contributed by atoms with Crippen molar-refractivity contribution in [3.63, 3.8) is 0 Å². The molecule has 1 saturated carbocycles. The Morgan fingerprint density at radius 1 is 1.17 bits per heavy atom. The van der Waals surface area contributed by atoms with Gasteiger partial charge in [0, 0.05) is 17.5 Å². The van der Waals surface area contributed by atoms with Crippen LogP contribution in [0, 0.1) is 5.82 Å². The van der Waals surface area contributed by atoms with Gasteiger partial charge in [-0.2, -0.15) is 18.3 Å². The third-order valence-electron chi connectivity index (χ3n) is 4.25.